The van der Waals surface area contributed by atoms with E-state index < -0.39 is 0 Å². The summed E-state index contributed by atoms with van der Waals surface area (Å²) in [5.74, 6) is 1.04. The second kappa shape index (κ2) is 6.15. The lowest BCUT2D eigenvalue weighted by Gasteiger charge is -2.12. The number of imidazole rings is 1. The van der Waals surface area contributed by atoms with Crippen LogP contribution in [0.15, 0.2) is 12.4 Å². The van der Waals surface area contributed by atoms with Crippen molar-refractivity contribution in [3.63, 3.8) is 0 Å². The first-order valence-corrected chi connectivity index (χ1v) is 5.49. The van der Waals surface area contributed by atoms with Gasteiger partial charge in [0.25, 0.3) is 0 Å². The summed E-state index contributed by atoms with van der Waals surface area (Å²) in [7, 11) is 3.34. The first kappa shape index (κ1) is 12.5. The Balaban J connectivity index is 2.37. The molecule has 1 rings (SSSR count). The average Bonchev–Trinajstić information content (AvgIpc) is 2.66. The Morgan fingerprint density at radius 1 is 1.56 bits per heavy atom. The number of amides is 1. The monoisotopic (exact) mass is 225 g/mol. The van der Waals surface area contributed by atoms with Crippen LogP contribution in [0.5, 0.6) is 0 Å². The van der Waals surface area contributed by atoms with Gasteiger partial charge in [-0.3, -0.25) is 0 Å². The molecule has 5 heteroatoms. The molecule has 0 bridgehead atoms. The van der Waals surface area contributed by atoms with Crippen molar-refractivity contribution in [1.29, 1.82) is 0 Å². The van der Waals surface area contributed by atoms with Gasteiger partial charge in [-0.1, -0.05) is 6.92 Å². The number of carbonyl (C=O) groups is 1. The molecule has 0 aliphatic heterocycles. The van der Waals surface area contributed by atoms with Crippen LogP contribution in [0, 0.1) is 0 Å². The molecule has 0 N–H and O–H groups in total. The lowest BCUT2D eigenvalue weighted by molar-refractivity contribution is 0.114. The number of rotatable bonds is 5. The molecule has 0 spiro atoms. The zero-order chi connectivity index (χ0) is 12.0. The van der Waals surface area contributed by atoms with E-state index in [0.717, 1.165) is 18.7 Å². The number of hydrogen-bond acceptors (Lipinski definition) is 3. The van der Waals surface area contributed by atoms with Crippen molar-refractivity contribution in [2.75, 3.05) is 20.7 Å². The van der Waals surface area contributed by atoms with Crippen LogP contribution in [0.2, 0.25) is 0 Å². The third-order valence-electron chi connectivity index (χ3n) is 2.20. The van der Waals surface area contributed by atoms with Gasteiger partial charge in [-0.2, -0.15) is 0 Å². The quantitative estimate of drug-likeness (QED) is 0.763. The number of ether oxygens (including phenoxy) is 1. The highest BCUT2D eigenvalue weighted by Gasteiger charge is 2.05. The standard InChI is InChI=1S/C11H19N3O2/c1-4-5-10-12-6-7-14(10)8-9-16-11(15)13(2)3/h6-7H,4-5,8-9H2,1-3H3. The number of nitrogens with zero attached hydrogens (tertiary/aromatic N) is 3. The topological polar surface area (TPSA) is 47.4 Å². The maximum Gasteiger partial charge on any atom is 0.409 e. The summed E-state index contributed by atoms with van der Waals surface area (Å²) < 4.78 is 7.07. The van der Waals surface area contributed by atoms with Gasteiger partial charge in [-0.15, -0.1) is 0 Å². The molecule has 0 radical (unpaired) electrons. The first-order valence-electron chi connectivity index (χ1n) is 5.49. The molecule has 16 heavy (non-hydrogen) atoms. The average molecular weight is 225 g/mol. The number of aromatic nitrogens is 2. The Hall–Kier alpha value is -1.52. The molecule has 0 atom stereocenters. The molecule has 1 aromatic rings. The van der Waals surface area contributed by atoms with Crippen LogP contribution in [-0.4, -0.2) is 41.2 Å². The van der Waals surface area contributed by atoms with Crippen LogP contribution < -0.4 is 0 Å². The predicted octanol–water partition coefficient (Wildman–Crippen LogP) is 1.53. The summed E-state index contributed by atoms with van der Waals surface area (Å²) in [6.07, 6.45) is 5.40. The van der Waals surface area contributed by atoms with E-state index in [1.165, 1.54) is 4.90 Å². The van der Waals surface area contributed by atoms with E-state index >= 15 is 0 Å². The fourth-order valence-corrected chi connectivity index (χ4v) is 1.36. The van der Waals surface area contributed by atoms with Gasteiger partial charge in [0.15, 0.2) is 0 Å². The third-order valence-corrected chi connectivity index (χ3v) is 2.20. The predicted molar refractivity (Wildman–Crippen MR) is 61.3 cm³/mol. The lowest BCUT2D eigenvalue weighted by Crippen LogP contribution is -2.24. The summed E-state index contributed by atoms with van der Waals surface area (Å²) in [6.45, 7) is 3.16. The van der Waals surface area contributed by atoms with Crippen LogP contribution in [0.4, 0.5) is 4.79 Å². The lowest BCUT2D eigenvalue weighted by atomic mass is 10.3. The van der Waals surface area contributed by atoms with Crippen LogP contribution in [0.25, 0.3) is 0 Å². The Morgan fingerprint density at radius 2 is 2.31 bits per heavy atom. The second-order valence-electron chi connectivity index (χ2n) is 3.80. The minimum Gasteiger partial charge on any atom is -0.448 e. The number of hydrogen-bond donors (Lipinski definition) is 0. The molecule has 1 heterocycles. The molecule has 1 aromatic heterocycles. The van der Waals surface area contributed by atoms with E-state index in [1.54, 1.807) is 20.3 Å². The molecule has 0 aliphatic rings. The smallest absolute Gasteiger partial charge is 0.409 e. The van der Waals surface area contributed by atoms with Crippen molar-refractivity contribution in [2.45, 2.75) is 26.3 Å². The Morgan fingerprint density at radius 3 is 2.94 bits per heavy atom. The highest BCUT2D eigenvalue weighted by atomic mass is 16.6. The van der Waals surface area contributed by atoms with Crippen LogP contribution >= 0.6 is 0 Å². The van der Waals surface area contributed by atoms with Gasteiger partial charge in [-0.05, 0) is 6.42 Å². The maximum absolute atomic E-state index is 11.2. The second-order valence-corrected chi connectivity index (χ2v) is 3.80. The van der Waals surface area contributed by atoms with E-state index in [-0.39, 0.29) is 6.09 Å². The van der Waals surface area contributed by atoms with E-state index in [1.807, 2.05) is 10.8 Å². The molecule has 0 fully saturated rings. The first-order chi connectivity index (χ1) is 7.65. The molecule has 0 unspecified atom stereocenters. The van der Waals surface area contributed by atoms with Crippen LogP contribution in [0.3, 0.4) is 0 Å². The van der Waals surface area contributed by atoms with Crippen molar-refractivity contribution in [3.8, 4) is 0 Å². The van der Waals surface area contributed by atoms with Gasteiger partial charge in [0.1, 0.15) is 12.4 Å². The van der Waals surface area contributed by atoms with Gasteiger partial charge >= 0.3 is 6.09 Å². The molecular weight excluding hydrogens is 206 g/mol. The highest BCUT2D eigenvalue weighted by molar-refractivity contribution is 5.66. The van der Waals surface area contributed by atoms with Gasteiger partial charge in [0.2, 0.25) is 0 Å². The van der Waals surface area contributed by atoms with Crippen LogP contribution in [-0.2, 0) is 17.7 Å². The summed E-state index contributed by atoms with van der Waals surface area (Å²) in [5, 5.41) is 0. The molecule has 1 amide bonds. The van der Waals surface area contributed by atoms with E-state index in [4.69, 9.17) is 4.74 Å². The van der Waals surface area contributed by atoms with Crippen molar-refractivity contribution >= 4 is 6.09 Å². The number of aryl methyl sites for hydroxylation is 1. The summed E-state index contributed by atoms with van der Waals surface area (Å²) in [6, 6.07) is 0. The van der Waals surface area contributed by atoms with Gasteiger partial charge in [0.05, 0.1) is 6.54 Å². The van der Waals surface area contributed by atoms with Crippen molar-refractivity contribution in [2.24, 2.45) is 0 Å². The SMILES string of the molecule is CCCc1nccn1CCOC(=O)N(C)C. The van der Waals surface area contributed by atoms with Crippen molar-refractivity contribution in [3.05, 3.63) is 18.2 Å². The Bertz CT molecular complexity index is 334. The van der Waals surface area contributed by atoms with E-state index in [0.29, 0.717) is 13.2 Å². The van der Waals surface area contributed by atoms with Gasteiger partial charge < -0.3 is 14.2 Å². The Kier molecular flexibility index (Phi) is 4.82. The fraction of sp³-hybridized carbons (Fsp3) is 0.636. The molecule has 5 nitrogen and oxygen atoms in total. The zero-order valence-corrected chi connectivity index (χ0v) is 10.1. The van der Waals surface area contributed by atoms with Crippen LogP contribution in [0.1, 0.15) is 19.2 Å². The van der Waals surface area contributed by atoms with Crippen molar-refractivity contribution < 1.29 is 9.53 Å². The molecule has 0 saturated heterocycles. The number of carbonyl (C=O) groups excluding carboxylic acids is 1. The van der Waals surface area contributed by atoms with Crippen molar-refractivity contribution in [1.82, 2.24) is 14.5 Å². The Labute approximate surface area is 96.0 Å². The van der Waals surface area contributed by atoms with Gasteiger partial charge in [0, 0.05) is 32.9 Å². The van der Waals surface area contributed by atoms with Gasteiger partial charge in [-0.25, -0.2) is 9.78 Å². The summed E-state index contributed by atoms with van der Waals surface area (Å²) in [5.41, 5.74) is 0. The van der Waals surface area contributed by atoms with E-state index in [2.05, 4.69) is 11.9 Å². The summed E-state index contributed by atoms with van der Waals surface area (Å²) >= 11 is 0. The largest absolute Gasteiger partial charge is 0.448 e. The molecular formula is C11H19N3O2. The molecule has 0 saturated carbocycles. The molecule has 0 aliphatic carbocycles. The maximum atomic E-state index is 11.2. The minimum atomic E-state index is -0.308. The highest BCUT2D eigenvalue weighted by Crippen LogP contribution is 2.01. The molecule has 90 valence electrons. The summed E-state index contributed by atoms with van der Waals surface area (Å²) in [4.78, 5) is 16.8. The zero-order valence-electron chi connectivity index (χ0n) is 10.1. The third kappa shape index (κ3) is 3.56. The fourth-order valence-electron chi connectivity index (χ4n) is 1.36. The normalized spacial score (nSPS) is 10.2. The minimum absolute atomic E-state index is 0.308. The molecule has 0 aromatic carbocycles. The van der Waals surface area contributed by atoms with E-state index in [9.17, 15) is 4.79 Å².